The summed E-state index contributed by atoms with van der Waals surface area (Å²) in [4.78, 5) is 8.36. The molecule has 0 spiro atoms. The largest absolute Gasteiger partial charge is 0.328 e. The number of rotatable bonds is 3. The van der Waals surface area contributed by atoms with Crippen molar-refractivity contribution in [3.8, 4) is 0 Å². The molecule has 3 aromatic carbocycles. The first-order chi connectivity index (χ1) is 12.4. The Balaban J connectivity index is 0.000000666. The SMILES string of the molecule is Fc1ccc(P(c2ccc(F)cc2)c2ccc(F)cc2)cc1.O=[N+]([O-])O.[Au]. The Morgan fingerprint density at radius 1 is 0.667 bits per heavy atom. The van der Waals surface area contributed by atoms with Crippen LogP contribution in [0.25, 0.3) is 0 Å². The van der Waals surface area contributed by atoms with Crippen molar-refractivity contribution in [2.45, 2.75) is 0 Å². The summed E-state index contributed by atoms with van der Waals surface area (Å²) >= 11 is 0. The van der Waals surface area contributed by atoms with E-state index in [1.54, 1.807) is 36.4 Å². The van der Waals surface area contributed by atoms with Gasteiger partial charge in [0.15, 0.2) is 0 Å². The standard InChI is InChI=1S/C18H12F3P.Au.HNO3/c19-13-1-7-16(8-2-13)22(17-9-3-14(20)4-10-17)18-11-5-15(21)6-12-18;;2-1(3)4/h1-12H;;(H,2,3,4). The van der Waals surface area contributed by atoms with Gasteiger partial charge in [0.25, 0.3) is 5.09 Å². The molecule has 0 fully saturated rings. The smallest absolute Gasteiger partial charge is 0.291 e. The Labute approximate surface area is 170 Å². The first-order valence-corrected chi connectivity index (χ1v) is 8.61. The van der Waals surface area contributed by atoms with Gasteiger partial charge in [-0.2, -0.15) is 0 Å². The van der Waals surface area contributed by atoms with E-state index in [-0.39, 0.29) is 39.8 Å². The zero-order valence-electron chi connectivity index (χ0n) is 13.5. The van der Waals surface area contributed by atoms with Crippen LogP contribution >= 0.6 is 7.92 Å². The van der Waals surface area contributed by atoms with Gasteiger partial charge in [0, 0.05) is 22.4 Å². The van der Waals surface area contributed by atoms with Crippen LogP contribution in [-0.2, 0) is 22.4 Å². The minimum atomic E-state index is -1.50. The summed E-state index contributed by atoms with van der Waals surface area (Å²) in [6.07, 6.45) is 0. The fraction of sp³-hybridized carbons (Fsp3) is 0. The summed E-state index contributed by atoms with van der Waals surface area (Å²) in [7, 11) is -0.983. The van der Waals surface area contributed by atoms with Gasteiger partial charge < -0.3 is 5.21 Å². The van der Waals surface area contributed by atoms with Gasteiger partial charge in [0.2, 0.25) is 0 Å². The molecule has 27 heavy (non-hydrogen) atoms. The zero-order valence-corrected chi connectivity index (χ0v) is 16.6. The molecule has 9 heteroatoms. The molecule has 3 aromatic rings. The Morgan fingerprint density at radius 2 is 0.852 bits per heavy atom. The van der Waals surface area contributed by atoms with Crippen LogP contribution in [0, 0.1) is 27.6 Å². The van der Waals surface area contributed by atoms with Crippen LogP contribution in [0.2, 0.25) is 0 Å². The molecule has 0 atom stereocenters. The third-order valence-electron chi connectivity index (χ3n) is 3.25. The monoisotopic (exact) mass is 576 g/mol. The molecule has 0 amide bonds. The molecule has 0 aromatic heterocycles. The van der Waals surface area contributed by atoms with Gasteiger partial charge in [-0.3, -0.25) is 0 Å². The van der Waals surface area contributed by atoms with E-state index >= 15 is 0 Å². The van der Waals surface area contributed by atoms with Crippen molar-refractivity contribution in [1.82, 2.24) is 0 Å². The van der Waals surface area contributed by atoms with Gasteiger partial charge in [-0.1, -0.05) is 36.4 Å². The molecule has 0 bridgehead atoms. The van der Waals surface area contributed by atoms with E-state index in [2.05, 4.69) is 0 Å². The van der Waals surface area contributed by atoms with Crippen molar-refractivity contribution in [2.24, 2.45) is 0 Å². The molecule has 0 heterocycles. The molecule has 3 rings (SSSR count). The van der Waals surface area contributed by atoms with Crippen molar-refractivity contribution in [3.63, 3.8) is 0 Å². The average Bonchev–Trinajstić information content (AvgIpc) is 2.60. The summed E-state index contributed by atoms with van der Waals surface area (Å²) in [5.74, 6) is -0.925. The summed E-state index contributed by atoms with van der Waals surface area (Å²) in [5, 5.41) is 16.4. The number of halogens is 3. The fourth-order valence-electron chi connectivity index (χ4n) is 2.22. The number of benzene rings is 3. The Hall–Kier alpha value is -2.18. The quantitative estimate of drug-likeness (QED) is 0.225. The number of hydrogen-bond donors (Lipinski definition) is 1. The normalized spacial score (nSPS) is 9.78. The minimum absolute atomic E-state index is 0. The van der Waals surface area contributed by atoms with Crippen LogP contribution in [0.4, 0.5) is 13.2 Å². The molecule has 0 aliphatic rings. The van der Waals surface area contributed by atoms with Gasteiger partial charge in [0.1, 0.15) is 17.5 Å². The Morgan fingerprint density at radius 3 is 1.04 bits per heavy atom. The first-order valence-electron chi connectivity index (χ1n) is 7.27. The molecular formula is C18H13AuF3NO3P. The number of nitrogens with zero attached hydrogens (tertiary/aromatic N) is 1. The Bertz CT molecular complexity index is 750. The summed E-state index contributed by atoms with van der Waals surface area (Å²) in [6.45, 7) is 0. The van der Waals surface area contributed by atoms with Crippen molar-refractivity contribution in [1.29, 1.82) is 0 Å². The van der Waals surface area contributed by atoms with Crippen molar-refractivity contribution in [2.75, 3.05) is 0 Å². The van der Waals surface area contributed by atoms with E-state index in [4.69, 9.17) is 15.3 Å². The third kappa shape index (κ3) is 7.15. The molecule has 0 aliphatic heterocycles. The second kappa shape index (κ2) is 10.8. The third-order valence-corrected chi connectivity index (χ3v) is 5.70. The van der Waals surface area contributed by atoms with Crippen LogP contribution in [0.5, 0.6) is 0 Å². The van der Waals surface area contributed by atoms with Crippen LogP contribution in [-0.4, -0.2) is 10.3 Å². The molecule has 145 valence electrons. The van der Waals surface area contributed by atoms with Crippen LogP contribution < -0.4 is 15.9 Å². The molecule has 0 unspecified atom stereocenters. The molecule has 0 aliphatic carbocycles. The summed E-state index contributed by atoms with van der Waals surface area (Å²) in [5.41, 5.74) is 0. The van der Waals surface area contributed by atoms with Crippen molar-refractivity contribution < 1.29 is 45.8 Å². The van der Waals surface area contributed by atoms with Gasteiger partial charge in [0.05, 0.1) is 0 Å². The summed E-state index contributed by atoms with van der Waals surface area (Å²) in [6, 6.07) is 18.7. The number of hydrogen-bond acceptors (Lipinski definition) is 2. The topological polar surface area (TPSA) is 63.4 Å². The van der Waals surface area contributed by atoms with Crippen molar-refractivity contribution >= 4 is 23.8 Å². The van der Waals surface area contributed by atoms with E-state index in [9.17, 15) is 13.2 Å². The van der Waals surface area contributed by atoms with Crippen molar-refractivity contribution in [3.05, 3.63) is 100 Å². The molecule has 1 N–H and O–H groups in total. The molecule has 0 saturated heterocycles. The second-order valence-electron chi connectivity index (χ2n) is 5.00. The van der Waals surface area contributed by atoms with Crippen LogP contribution in [0.3, 0.4) is 0 Å². The molecule has 1 radical (unpaired) electrons. The maximum absolute atomic E-state index is 13.2. The van der Waals surface area contributed by atoms with E-state index in [1.807, 2.05) is 0 Å². The minimum Gasteiger partial charge on any atom is -0.328 e. The average molecular weight is 576 g/mol. The maximum atomic E-state index is 13.2. The van der Waals surface area contributed by atoms with Gasteiger partial charge in [-0.05, 0) is 60.2 Å². The predicted octanol–water partition coefficient (Wildman–Crippen LogP) is 3.51. The second-order valence-corrected chi connectivity index (χ2v) is 7.22. The van der Waals surface area contributed by atoms with Crippen LogP contribution in [0.15, 0.2) is 72.8 Å². The van der Waals surface area contributed by atoms with Gasteiger partial charge in [-0.15, -0.1) is 10.1 Å². The summed E-state index contributed by atoms with van der Waals surface area (Å²) < 4.78 is 39.5. The van der Waals surface area contributed by atoms with E-state index in [1.165, 1.54) is 36.4 Å². The molecular weight excluding hydrogens is 563 g/mol. The Kier molecular flexibility index (Phi) is 9.18. The van der Waals surface area contributed by atoms with E-state index < -0.39 is 13.0 Å². The zero-order chi connectivity index (χ0) is 19.1. The maximum Gasteiger partial charge on any atom is 0.291 e. The van der Waals surface area contributed by atoms with E-state index in [0.29, 0.717) is 0 Å². The molecule has 4 nitrogen and oxygen atoms in total. The first kappa shape index (κ1) is 22.9. The van der Waals surface area contributed by atoms with Gasteiger partial charge >= 0.3 is 0 Å². The van der Waals surface area contributed by atoms with Gasteiger partial charge in [-0.25, -0.2) is 13.2 Å². The van der Waals surface area contributed by atoms with E-state index in [0.717, 1.165) is 15.9 Å². The molecule has 0 saturated carbocycles. The van der Waals surface area contributed by atoms with Crippen LogP contribution in [0.1, 0.15) is 0 Å². The fourth-order valence-corrected chi connectivity index (χ4v) is 4.45. The predicted molar refractivity (Wildman–Crippen MR) is 93.8 cm³/mol.